The molecule has 1 atom stereocenters. The molecule has 0 bridgehead atoms. The summed E-state index contributed by atoms with van der Waals surface area (Å²) in [6.07, 6.45) is 41.1. The van der Waals surface area contributed by atoms with Crippen LogP contribution in [-0.4, -0.2) is 36.9 Å². The average molecular weight is 662 g/mol. The fourth-order valence-corrected chi connectivity index (χ4v) is 6.10. The number of nitrogens with one attached hydrogen (secondary N) is 2. The molecule has 0 aliphatic carbocycles. The maximum Gasteiger partial charge on any atom is 0.248 e. The third-order valence-electron chi connectivity index (χ3n) is 9.09. The lowest BCUT2D eigenvalue weighted by Crippen LogP contribution is -2.42. The standard InChI is InChI=1S/C40H79N5O2/c1-3-5-7-9-11-13-15-17-19-20-22-24-26-28-30-32-38(46)44-37(33-34-39(47)45-40(41)42)36-43-35-31-29-27-25-23-21-18-16-14-12-10-8-6-4-2/h17,19,37,43H,3-16,18,20-36H2,1-2H3,(H,44,46)(H4,41,42,45,47). The van der Waals surface area contributed by atoms with Crippen molar-refractivity contribution in [1.82, 2.24) is 10.6 Å². The van der Waals surface area contributed by atoms with E-state index in [1.54, 1.807) is 0 Å². The molecule has 0 saturated heterocycles. The van der Waals surface area contributed by atoms with Crippen molar-refractivity contribution in [3.63, 3.8) is 0 Å². The van der Waals surface area contributed by atoms with E-state index in [1.807, 2.05) is 0 Å². The maximum atomic E-state index is 12.7. The Labute approximate surface area is 291 Å². The molecule has 276 valence electrons. The normalized spacial score (nSPS) is 12.0. The van der Waals surface area contributed by atoms with Crippen LogP contribution >= 0.6 is 0 Å². The SMILES string of the molecule is CCCCCCCCC=CCCCCCCCC(=O)NC(CCC(=O)N=C(N)N)CNCCCCCCCCCCCCCCCC. The number of carbonyl (C=O) groups is 2. The number of hydrogen-bond acceptors (Lipinski definition) is 3. The molecule has 0 heterocycles. The first-order valence-corrected chi connectivity index (χ1v) is 20.3. The molecule has 0 aromatic heterocycles. The Kier molecular flexibility index (Phi) is 35.5. The second-order valence-electron chi connectivity index (χ2n) is 13.9. The van der Waals surface area contributed by atoms with Gasteiger partial charge >= 0.3 is 0 Å². The monoisotopic (exact) mass is 662 g/mol. The van der Waals surface area contributed by atoms with Gasteiger partial charge in [0, 0.05) is 25.4 Å². The van der Waals surface area contributed by atoms with Crippen LogP contribution in [0.15, 0.2) is 17.1 Å². The van der Waals surface area contributed by atoms with Gasteiger partial charge in [-0.1, -0.05) is 161 Å². The molecule has 1 unspecified atom stereocenters. The van der Waals surface area contributed by atoms with Crippen molar-refractivity contribution in [2.75, 3.05) is 13.1 Å². The summed E-state index contributed by atoms with van der Waals surface area (Å²) in [5, 5.41) is 6.66. The first kappa shape index (κ1) is 45.1. The highest BCUT2D eigenvalue weighted by atomic mass is 16.2. The summed E-state index contributed by atoms with van der Waals surface area (Å²) in [5.74, 6) is -0.482. The van der Waals surface area contributed by atoms with Crippen molar-refractivity contribution in [2.45, 2.75) is 213 Å². The van der Waals surface area contributed by atoms with Gasteiger partial charge in [0.25, 0.3) is 0 Å². The number of allylic oxidation sites excluding steroid dienone is 2. The topological polar surface area (TPSA) is 123 Å². The molecule has 0 aromatic rings. The third kappa shape index (κ3) is 36.8. The Hall–Kier alpha value is -1.89. The van der Waals surface area contributed by atoms with Crippen LogP contribution in [0.25, 0.3) is 0 Å². The number of unbranched alkanes of at least 4 members (excludes halogenated alkanes) is 24. The highest BCUT2D eigenvalue weighted by Gasteiger charge is 2.14. The van der Waals surface area contributed by atoms with E-state index in [9.17, 15) is 9.59 Å². The van der Waals surface area contributed by atoms with Crippen molar-refractivity contribution in [3.8, 4) is 0 Å². The van der Waals surface area contributed by atoms with Gasteiger partial charge in [-0.2, -0.15) is 4.99 Å². The molecule has 0 rings (SSSR count). The van der Waals surface area contributed by atoms with E-state index < -0.39 is 0 Å². The van der Waals surface area contributed by atoms with Crippen molar-refractivity contribution in [2.24, 2.45) is 16.5 Å². The Morgan fingerprint density at radius 2 is 1.00 bits per heavy atom. The molecule has 0 fully saturated rings. The van der Waals surface area contributed by atoms with E-state index in [-0.39, 0.29) is 30.2 Å². The third-order valence-corrected chi connectivity index (χ3v) is 9.09. The minimum absolute atomic E-state index is 0.0696. The average Bonchev–Trinajstić information content (AvgIpc) is 3.04. The van der Waals surface area contributed by atoms with E-state index in [0.29, 0.717) is 19.4 Å². The largest absolute Gasteiger partial charge is 0.370 e. The lowest BCUT2D eigenvalue weighted by Gasteiger charge is -2.19. The van der Waals surface area contributed by atoms with Crippen LogP contribution in [0, 0.1) is 0 Å². The van der Waals surface area contributed by atoms with Crippen molar-refractivity contribution >= 4 is 17.8 Å². The van der Waals surface area contributed by atoms with Gasteiger partial charge in [0.05, 0.1) is 0 Å². The fourth-order valence-electron chi connectivity index (χ4n) is 6.10. The summed E-state index contributed by atoms with van der Waals surface area (Å²) in [6.45, 7) is 6.13. The molecule has 47 heavy (non-hydrogen) atoms. The summed E-state index contributed by atoms with van der Waals surface area (Å²) in [5.41, 5.74) is 10.7. The van der Waals surface area contributed by atoms with Crippen molar-refractivity contribution < 1.29 is 9.59 Å². The van der Waals surface area contributed by atoms with Crippen LogP contribution in [-0.2, 0) is 9.59 Å². The van der Waals surface area contributed by atoms with Crippen molar-refractivity contribution in [1.29, 1.82) is 0 Å². The van der Waals surface area contributed by atoms with Crippen LogP contribution < -0.4 is 22.1 Å². The maximum absolute atomic E-state index is 12.7. The second kappa shape index (κ2) is 36.9. The lowest BCUT2D eigenvalue weighted by atomic mass is 10.0. The van der Waals surface area contributed by atoms with E-state index in [0.717, 1.165) is 25.8 Å². The van der Waals surface area contributed by atoms with Crippen LogP contribution in [0.5, 0.6) is 0 Å². The fraction of sp³-hybridized carbons (Fsp3) is 0.875. The number of rotatable bonds is 36. The Morgan fingerprint density at radius 3 is 1.47 bits per heavy atom. The molecule has 0 radical (unpaired) electrons. The number of amides is 2. The van der Waals surface area contributed by atoms with Gasteiger partial charge in [-0.3, -0.25) is 9.59 Å². The number of hydrogen-bond donors (Lipinski definition) is 4. The predicted molar refractivity (Wildman–Crippen MR) is 205 cm³/mol. The van der Waals surface area contributed by atoms with Crippen LogP contribution in [0.1, 0.15) is 206 Å². The quantitative estimate of drug-likeness (QED) is 0.0230. The lowest BCUT2D eigenvalue weighted by molar-refractivity contribution is -0.122. The minimum Gasteiger partial charge on any atom is -0.370 e. The number of aliphatic imine (C=N–C) groups is 1. The van der Waals surface area contributed by atoms with Gasteiger partial charge in [-0.15, -0.1) is 0 Å². The first-order valence-electron chi connectivity index (χ1n) is 20.3. The minimum atomic E-state index is -0.339. The molecular weight excluding hydrogens is 582 g/mol. The molecule has 0 saturated carbocycles. The molecule has 7 nitrogen and oxygen atoms in total. The van der Waals surface area contributed by atoms with E-state index in [1.165, 1.54) is 154 Å². The Morgan fingerprint density at radius 1 is 0.574 bits per heavy atom. The molecule has 0 aliphatic rings. The van der Waals surface area contributed by atoms with Gasteiger partial charge < -0.3 is 22.1 Å². The summed E-state index contributed by atoms with van der Waals surface area (Å²) in [7, 11) is 0. The van der Waals surface area contributed by atoms with E-state index in [2.05, 4.69) is 41.6 Å². The number of nitrogens with two attached hydrogens (primary N) is 2. The van der Waals surface area contributed by atoms with Gasteiger partial charge in [0.1, 0.15) is 0 Å². The Balaban J connectivity index is 3.98. The van der Waals surface area contributed by atoms with Crippen LogP contribution in [0.2, 0.25) is 0 Å². The zero-order valence-electron chi connectivity index (χ0n) is 31.3. The number of guanidine groups is 1. The second-order valence-corrected chi connectivity index (χ2v) is 13.9. The van der Waals surface area contributed by atoms with Gasteiger partial charge in [-0.25, -0.2) is 0 Å². The predicted octanol–water partition coefficient (Wildman–Crippen LogP) is 10.2. The molecule has 2 amide bonds. The van der Waals surface area contributed by atoms with Crippen LogP contribution in [0.4, 0.5) is 0 Å². The molecular formula is C40H79N5O2. The van der Waals surface area contributed by atoms with Gasteiger partial charge in [0.15, 0.2) is 5.96 Å². The molecule has 7 heteroatoms. The van der Waals surface area contributed by atoms with Crippen molar-refractivity contribution in [3.05, 3.63) is 12.2 Å². The highest BCUT2D eigenvalue weighted by molar-refractivity contribution is 5.91. The van der Waals surface area contributed by atoms with Crippen LogP contribution in [0.3, 0.4) is 0 Å². The van der Waals surface area contributed by atoms with E-state index >= 15 is 0 Å². The van der Waals surface area contributed by atoms with E-state index in [4.69, 9.17) is 11.5 Å². The molecule has 0 spiro atoms. The van der Waals surface area contributed by atoms with Gasteiger partial charge in [-0.05, 0) is 51.5 Å². The highest BCUT2D eigenvalue weighted by Crippen LogP contribution is 2.13. The summed E-state index contributed by atoms with van der Waals surface area (Å²) in [4.78, 5) is 28.3. The zero-order chi connectivity index (χ0) is 34.5. The molecule has 0 aliphatic heterocycles. The summed E-state index contributed by atoms with van der Waals surface area (Å²) in [6, 6.07) is -0.101. The number of nitrogens with zero attached hydrogens (tertiary/aromatic N) is 1. The smallest absolute Gasteiger partial charge is 0.248 e. The molecule has 0 aromatic carbocycles. The summed E-state index contributed by atoms with van der Waals surface area (Å²) >= 11 is 0. The first-order chi connectivity index (χ1) is 23.0. The zero-order valence-corrected chi connectivity index (χ0v) is 31.3. The van der Waals surface area contributed by atoms with Gasteiger partial charge in [0.2, 0.25) is 11.8 Å². The summed E-state index contributed by atoms with van der Waals surface area (Å²) < 4.78 is 0. The molecule has 6 N–H and O–H groups in total. The number of carbonyl (C=O) groups excluding carboxylic acids is 2. The Bertz CT molecular complexity index is 751.